The Bertz CT molecular complexity index is 244. The number of hydrogen-bond donors (Lipinski definition) is 1. The molecule has 2 fully saturated rings. The quantitative estimate of drug-likeness (QED) is 0.608. The Morgan fingerprint density at radius 1 is 1.00 bits per heavy atom. The summed E-state index contributed by atoms with van der Waals surface area (Å²) < 4.78 is 5.75. The minimum absolute atomic E-state index is 0.579. The van der Waals surface area contributed by atoms with Crippen molar-refractivity contribution in [3.8, 4) is 0 Å². The van der Waals surface area contributed by atoms with Crippen LogP contribution in [0.4, 0.5) is 0 Å². The van der Waals surface area contributed by atoms with Gasteiger partial charge >= 0.3 is 0 Å². The van der Waals surface area contributed by atoms with Crippen LogP contribution < -0.4 is 5.32 Å². The molecule has 2 rings (SSSR count). The van der Waals surface area contributed by atoms with Gasteiger partial charge in [0.25, 0.3) is 0 Å². The van der Waals surface area contributed by atoms with E-state index in [2.05, 4.69) is 12.2 Å². The Hall–Kier alpha value is -0.0800. The molecule has 2 unspecified atom stereocenters. The normalized spacial score (nSPS) is 25.3. The Morgan fingerprint density at radius 2 is 1.86 bits per heavy atom. The highest BCUT2D eigenvalue weighted by atomic mass is 16.5. The molecule has 1 saturated heterocycles. The van der Waals surface area contributed by atoms with E-state index in [4.69, 9.17) is 4.74 Å². The van der Waals surface area contributed by atoms with Gasteiger partial charge in [-0.25, -0.2) is 0 Å². The Balaban J connectivity index is 1.61. The first kappa shape index (κ1) is 17.3. The molecule has 1 aliphatic heterocycles. The van der Waals surface area contributed by atoms with Gasteiger partial charge in [0.1, 0.15) is 0 Å². The number of ether oxygens (including phenoxy) is 1. The summed E-state index contributed by atoms with van der Waals surface area (Å²) in [7, 11) is 0. The van der Waals surface area contributed by atoms with Crippen molar-refractivity contribution in [3.05, 3.63) is 0 Å². The van der Waals surface area contributed by atoms with E-state index in [1.165, 1.54) is 90.0 Å². The van der Waals surface area contributed by atoms with E-state index in [0.29, 0.717) is 6.10 Å². The molecule has 0 radical (unpaired) electrons. The van der Waals surface area contributed by atoms with Crippen molar-refractivity contribution in [1.29, 1.82) is 0 Å². The van der Waals surface area contributed by atoms with E-state index in [0.717, 1.165) is 18.6 Å². The van der Waals surface area contributed by atoms with Crippen LogP contribution in [0, 0.1) is 5.92 Å². The SMILES string of the molecule is CCCNC(CCCC1CCCO1)CCC1CCCCC1. The van der Waals surface area contributed by atoms with Crippen LogP contribution >= 0.6 is 0 Å². The molecule has 124 valence electrons. The lowest BCUT2D eigenvalue weighted by atomic mass is 9.84. The van der Waals surface area contributed by atoms with Gasteiger partial charge in [-0.05, 0) is 63.8 Å². The maximum atomic E-state index is 5.75. The zero-order valence-electron chi connectivity index (χ0n) is 14.2. The standard InChI is InChI=1S/C19H37NO/c1-2-15-20-18(10-6-11-19-12-7-16-21-19)14-13-17-8-4-3-5-9-17/h17-20H,2-16H2,1H3. The summed E-state index contributed by atoms with van der Waals surface area (Å²) in [5.74, 6) is 1.03. The molecule has 1 heterocycles. The second-order valence-corrected chi connectivity index (χ2v) is 7.30. The minimum Gasteiger partial charge on any atom is -0.378 e. The van der Waals surface area contributed by atoms with E-state index in [-0.39, 0.29) is 0 Å². The van der Waals surface area contributed by atoms with Gasteiger partial charge in [-0.15, -0.1) is 0 Å². The number of hydrogen-bond acceptors (Lipinski definition) is 2. The second kappa shape index (κ2) is 10.6. The molecule has 0 bridgehead atoms. The molecule has 2 aliphatic rings. The van der Waals surface area contributed by atoms with Crippen LogP contribution in [0.25, 0.3) is 0 Å². The highest BCUT2D eigenvalue weighted by Gasteiger charge is 2.18. The first-order valence-electron chi connectivity index (χ1n) is 9.73. The van der Waals surface area contributed by atoms with Gasteiger partial charge in [0.15, 0.2) is 0 Å². The molecular formula is C19H37NO. The molecule has 0 spiro atoms. The highest BCUT2D eigenvalue weighted by Crippen LogP contribution is 2.28. The first-order valence-corrected chi connectivity index (χ1v) is 9.73. The van der Waals surface area contributed by atoms with Crippen LogP contribution in [-0.2, 0) is 4.74 Å². The van der Waals surface area contributed by atoms with Gasteiger partial charge < -0.3 is 10.1 Å². The van der Waals surface area contributed by atoms with Crippen LogP contribution in [-0.4, -0.2) is 25.3 Å². The first-order chi connectivity index (χ1) is 10.4. The van der Waals surface area contributed by atoms with E-state index >= 15 is 0 Å². The monoisotopic (exact) mass is 295 g/mol. The van der Waals surface area contributed by atoms with Crippen LogP contribution in [0.2, 0.25) is 0 Å². The molecule has 0 aromatic heterocycles. The third-order valence-corrected chi connectivity index (χ3v) is 5.43. The molecule has 1 N–H and O–H groups in total. The topological polar surface area (TPSA) is 21.3 Å². The lowest BCUT2D eigenvalue weighted by molar-refractivity contribution is 0.101. The second-order valence-electron chi connectivity index (χ2n) is 7.30. The molecule has 0 aromatic carbocycles. The Kier molecular flexibility index (Phi) is 8.73. The molecule has 2 heteroatoms. The van der Waals surface area contributed by atoms with Crippen molar-refractivity contribution >= 4 is 0 Å². The Labute approximate surface area is 132 Å². The van der Waals surface area contributed by atoms with Crippen molar-refractivity contribution in [3.63, 3.8) is 0 Å². The maximum Gasteiger partial charge on any atom is 0.0576 e. The lowest BCUT2D eigenvalue weighted by Gasteiger charge is -2.25. The van der Waals surface area contributed by atoms with E-state index in [9.17, 15) is 0 Å². The van der Waals surface area contributed by atoms with Crippen molar-refractivity contribution in [2.24, 2.45) is 5.92 Å². The molecule has 1 saturated carbocycles. The number of nitrogens with one attached hydrogen (secondary N) is 1. The molecule has 1 aliphatic carbocycles. The van der Waals surface area contributed by atoms with Crippen LogP contribution in [0.1, 0.15) is 90.4 Å². The predicted molar refractivity (Wildman–Crippen MR) is 90.7 cm³/mol. The third-order valence-electron chi connectivity index (χ3n) is 5.43. The average molecular weight is 296 g/mol. The van der Waals surface area contributed by atoms with Crippen LogP contribution in [0.3, 0.4) is 0 Å². The van der Waals surface area contributed by atoms with E-state index in [1.54, 1.807) is 0 Å². The van der Waals surface area contributed by atoms with Crippen LogP contribution in [0.5, 0.6) is 0 Å². The fraction of sp³-hybridized carbons (Fsp3) is 1.00. The summed E-state index contributed by atoms with van der Waals surface area (Å²) in [6, 6.07) is 0.758. The van der Waals surface area contributed by atoms with E-state index < -0.39 is 0 Å². The third kappa shape index (κ3) is 7.15. The average Bonchev–Trinajstić information content (AvgIpc) is 3.04. The van der Waals surface area contributed by atoms with Gasteiger partial charge in [-0.2, -0.15) is 0 Å². The molecule has 2 atom stereocenters. The molecule has 0 aromatic rings. The van der Waals surface area contributed by atoms with Crippen molar-refractivity contribution < 1.29 is 4.74 Å². The van der Waals surface area contributed by atoms with Crippen LogP contribution in [0.15, 0.2) is 0 Å². The largest absolute Gasteiger partial charge is 0.378 e. The molecular weight excluding hydrogens is 258 g/mol. The lowest BCUT2D eigenvalue weighted by Crippen LogP contribution is -2.30. The van der Waals surface area contributed by atoms with Crippen molar-refractivity contribution in [1.82, 2.24) is 5.32 Å². The summed E-state index contributed by atoms with van der Waals surface area (Å²) in [6.45, 7) is 4.47. The van der Waals surface area contributed by atoms with Gasteiger partial charge in [0.2, 0.25) is 0 Å². The maximum absolute atomic E-state index is 5.75. The molecule has 0 amide bonds. The highest BCUT2D eigenvalue weighted by molar-refractivity contribution is 4.73. The zero-order chi connectivity index (χ0) is 14.8. The fourth-order valence-electron chi connectivity index (χ4n) is 4.07. The van der Waals surface area contributed by atoms with Gasteiger partial charge in [-0.3, -0.25) is 0 Å². The smallest absolute Gasteiger partial charge is 0.0576 e. The van der Waals surface area contributed by atoms with Crippen molar-refractivity contribution in [2.45, 2.75) is 103 Å². The van der Waals surface area contributed by atoms with Gasteiger partial charge in [-0.1, -0.05) is 39.0 Å². The summed E-state index contributed by atoms with van der Waals surface area (Å²) >= 11 is 0. The fourth-order valence-corrected chi connectivity index (χ4v) is 4.07. The van der Waals surface area contributed by atoms with E-state index in [1.807, 2.05) is 0 Å². The zero-order valence-corrected chi connectivity index (χ0v) is 14.2. The van der Waals surface area contributed by atoms with Gasteiger partial charge in [0, 0.05) is 12.6 Å². The van der Waals surface area contributed by atoms with Crippen molar-refractivity contribution in [2.75, 3.05) is 13.2 Å². The minimum atomic E-state index is 0.579. The molecule has 21 heavy (non-hydrogen) atoms. The molecule has 2 nitrogen and oxygen atoms in total. The summed E-state index contributed by atoms with van der Waals surface area (Å²) in [4.78, 5) is 0. The predicted octanol–water partition coefficient (Wildman–Crippen LogP) is 5.06. The van der Waals surface area contributed by atoms with Gasteiger partial charge in [0.05, 0.1) is 6.10 Å². The number of rotatable bonds is 10. The summed E-state index contributed by atoms with van der Waals surface area (Å²) in [5, 5.41) is 3.79. The Morgan fingerprint density at radius 3 is 2.57 bits per heavy atom. The summed E-state index contributed by atoms with van der Waals surface area (Å²) in [5.41, 5.74) is 0. The summed E-state index contributed by atoms with van der Waals surface area (Å²) in [6.07, 6.45) is 18.7.